The molecule has 9 nitrogen and oxygen atoms in total. The molecular weight excluding hydrogens is 492 g/mol. The summed E-state index contributed by atoms with van der Waals surface area (Å²) < 4.78 is 1.68. The van der Waals surface area contributed by atoms with Crippen molar-refractivity contribution in [2.24, 2.45) is 5.41 Å². The van der Waals surface area contributed by atoms with Crippen LogP contribution < -0.4 is 5.32 Å². The summed E-state index contributed by atoms with van der Waals surface area (Å²) >= 11 is 0. The van der Waals surface area contributed by atoms with Gasteiger partial charge in [0.05, 0.1) is 17.8 Å². The number of carbonyl (C=O) groups excluding carboxylic acids is 2. The molecule has 2 aliphatic heterocycles. The highest BCUT2D eigenvalue weighted by atomic mass is 16.3. The summed E-state index contributed by atoms with van der Waals surface area (Å²) in [6.07, 6.45) is 7.99. The summed E-state index contributed by atoms with van der Waals surface area (Å²) in [5.41, 5.74) is 2.93. The van der Waals surface area contributed by atoms with Crippen LogP contribution in [0.25, 0.3) is 0 Å². The lowest BCUT2D eigenvalue weighted by Gasteiger charge is -2.40. The predicted octanol–water partition coefficient (Wildman–Crippen LogP) is 2.97. The average Bonchev–Trinajstić information content (AvgIpc) is 3.26. The van der Waals surface area contributed by atoms with Gasteiger partial charge >= 0.3 is 0 Å². The SMILES string of the molecule is CC(C)(C)[C@H](C(=O)N1C[C@H](O)C[C@H]1C(=O)NC1c2ccccc2CCC1N1CCCC1)n1cc(C2CC2)nn1. The van der Waals surface area contributed by atoms with Crippen LogP contribution in [0.5, 0.6) is 0 Å². The van der Waals surface area contributed by atoms with Crippen LogP contribution in [0.1, 0.15) is 94.1 Å². The average molecular weight is 535 g/mol. The lowest BCUT2D eigenvalue weighted by Crippen LogP contribution is -2.54. The maximum atomic E-state index is 14.1. The molecule has 3 fully saturated rings. The normalized spacial score (nSPS) is 28.4. The van der Waals surface area contributed by atoms with E-state index in [1.807, 2.05) is 33.0 Å². The first-order valence-electron chi connectivity index (χ1n) is 14.7. The Morgan fingerprint density at radius 1 is 1.10 bits per heavy atom. The Bertz CT molecular complexity index is 1210. The van der Waals surface area contributed by atoms with E-state index >= 15 is 0 Å². The Balaban J connectivity index is 1.26. The molecule has 2 N–H and O–H groups in total. The highest BCUT2D eigenvalue weighted by molar-refractivity contribution is 5.90. The molecule has 9 heteroatoms. The number of benzene rings is 1. The standard InChI is InChI=1S/C30H42N6O3/c1-30(2,3)27(36-18-23(32-33-36)20-10-11-20)29(39)35-17-21(37)16-25(35)28(38)31-26-22-9-5-4-8-19(22)12-13-24(26)34-14-6-7-15-34/h4-5,8-9,18,20-21,24-27,37H,6-7,10-17H2,1-3H3,(H,31,38)/t21-,24?,25+,26?,27+/m1/s1. The zero-order valence-corrected chi connectivity index (χ0v) is 23.4. The van der Waals surface area contributed by atoms with Gasteiger partial charge in [-0.25, -0.2) is 4.68 Å². The summed E-state index contributed by atoms with van der Waals surface area (Å²) in [7, 11) is 0. The van der Waals surface area contributed by atoms with Crippen molar-refractivity contribution >= 4 is 11.8 Å². The quantitative estimate of drug-likeness (QED) is 0.591. The third-order valence-electron chi connectivity index (χ3n) is 9.10. The molecule has 2 aliphatic carbocycles. The third-order valence-corrected chi connectivity index (χ3v) is 9.10. The fourth-order valence-corrected chi connectivity index (χ4v) is 6.96. The number of carbonyl (C=O) groups is 2. The fourth-order valence-electron chi connectivity index (χ4n) is 6.96. The van der Waals surface area contributed by atoms with E-state index in [0.717, 1.165) is 44.5 Å². The maximum absolute atomic E-state index is 14.1. The molecule has 0 radical (unpaired) electrons. The smallest absolute Gasteiger partial charge is 0.248 e. The highest BCUT2D eigenvalue weighted by Crippen LogP contribution is 2.41. The molecule has 0 spiro atoms. The molecule has 6 rings (SSSR count). The van der Waals surface area contributed by atoms with Crippen LogP contribution in [0.15, 0.2) is 30.5 Å². The molecular formula is C30H42N6O3. The molecule has 2 aromatic rings. The summed E-state index contributed by atoms with van der Waals surface area (Å²) in [5.74, 6) is 0.0610. The number of aliphatic hydroxyl groups excluding tert-OH is 1. The van der Waals surface area contributed by atoms with Gasteiger partial charge in [-0.3, -0.25) is 14.5 Å². The van der Waals surface area contributed by atoms with Crippen LogP contribution in [0.4, 0.5) is 0 Å². The molecule has 2 unspecified atom stereocenters. The van der Waals surface area contributed by atoms with E-state index in [4.69, 9.17) is 0 Å². The minimum atomic E-state index is -0.740. The van der Waals surface area contributed by atoms with E-state index in [9.17, 15) is 14.7 Å². The molecule has 0 bridgehead atoms. The lowest BCUT2D eigenvalue weighted by atomic mass is 9.83. The van der Waals surface area contributed by atoms with Gasteiger partial charge in [-0.15, -0.1) is 5.10 Å². The molecule has 4 aliphatic rings. The molecule has 39 heavy (non-hydrogen) atoms. The molecule has 2 saturated heterocycles. The second kappa shape index (κ2) is 10.3. The van der Waals surface area contributed by atoms with Gasteiger partial charge in [0.25, 0.3) is 0 Å². The van der Waals surface area contributed by atoms with Gasteiger partial charge in [0.15, 0.2) is 0 Å². The van der Waals surface area contributed by atoms with Crippen molar-refractivity contribution < 1.29 is 14.7 Å². The number of rotatable bonds is 6. The number of β-amino-alcohol motifs (C(OH)–C–C–N with tert-alkyl or cyclic N) is 1. The topological polar surface area (TPSA) is 104 Å². The Hall–Kier alpha value is -2.78. The van der Waals surface area contributed by atoms with Crippen molar-refractivity contribution in [3.05, 3.63) is 47.3 Å². The number of nitrogens with one attached hydrogen (secondary N) is 1. The number of aromatic nitrogens is 3. The predicted molar refractivity (Wildman–Crippen MR) is 147 cm³/mol. The Labute approximate surface area is 230 Å². The molecule has 1 aromatic heterocycles. The van der Waals surface area contributed by atoms with Crippen molar-refractivity contribution in [2.45, 2.75) is 102 Å². The number of hydrogen-bond acceptors (Lipinski definition) is 6. The van der Waals surface area contributed by atoms with Crippen molar-refractivity contribution in [2.75, 3.05) is 19.6 Å². The first-order valence-corrected chi connectivity index (χ1v) is 14.7. The van der Waals surface area contributed by atoms with Crippen LogP contribution in [0.2, 0.25) is 0 Å². The number of fused-ring (bicyclic) bond motifs is 1. The van der Waals surface area contributed by atoms with Crippen molar-refractivity contribution in [1.29, 1.82) is 0 Å². The van der Waals surface area contributed by atoms with Crippen LogP contribution in [0, 0.1) is 5.41 Å². The number of likely N-dealkylation sites (tertiary alicyclic amines) is 2. The second-order valence-corrected chi connectivity index (χ2v) is 13.1. The van der Waals surface area contributed by atoms with E-state index in [0.29, 0.717) is 5.92 Å². The van der Waals surface area contributed by atoms with E-state index in [1.54, 1.807) is 9.58 Å². The highest BCUT2D eigenvalue weighted by Gasteiger charge is 2.46. The number of hydrogen-bond donors (Lipinski definition) is 2. The molecule has 1 aromatic carbocycles. The van der Waals surface area contributed by atoms with Gasteiger partial charge in [0.1, 0.15) is 12.1 Å². The molecule has 5 atom stereocenters. The van der Waals surface area contributed by atoms with E-state index in [1.165, 1.54) is 24.0 Å². The number of aliphatic hydroxyl groups is 1. The zero-order chi connectivity index (χ0) is 27.3. The van der Waals surface area contributed by atoms with Gasteiger partial charge in [0.2, 0.25) is 11.8 Å². The maximum Gasteiger partial charge on any atom is 0.248 e. The first-order chi connectivity index (χ1) is 18.7. The van der Waals surface area contributed by atoms with E-state index in [2.05, 4.69) is 38.7 Å². The lowest BCUT2D eigenvalue weighted by molar-refractivity contribution is -0.144. The number of aryl methyl sites for hydroxylation is 1. The van der Waals surface area contributed by atoms with Crippen molar-refractivity contribution in [1.82, 2.24) is 30.1 Å². The largest absolute Gasteiger partial charge is 0.391 e. The van der Waals surface area contributed by atoms with Gasteiger partial charge in [-0.1, -0.05) is 50.3 Å². The number of amides is 2. The van der Waals surface area contributed by atoms with Gasteiger partial charge in [-0.05, 0) is 68.2 Å². The fraction of sp³-hybridized carbons (Fsp3) is 0.667. The van der Waals surface area contributed by atoms with Gasteiger partial charge < -0.3 is 15.3 Å². The van der Waals surface area contributed by atoms with Crippen LogP contribution >= 0.6 is 0 Å². The summed E-state index contributed by atoms with van der Waals surface area (Å²) in [4.78, 5) is 32.2. The van der Waals surface area contributed by atoms with Crippen LogP contribution in [-0.4, -0.2) is 79.5 Å². The molecule has 210 valence electrons. The van der Waals surface area contributed by atoms with E-state index < -0.39 is 23.6 Å². The van der Waals surface area contributed by atoms with Gasteiger partial charge in [0, 0.05) is 31.1 Å². The van der Waals surface area contributed by atoms with Gasteiger partial charge in [-0.2, -0.15) is 0 Å². The van der Waals surface area contributed by atoms with Crippen LogP contribution in [0.3, 0.4) is 0 Å². The van der Waals surface area contributed by atoms with Crippen molar-refractivity contribution in [3.63, 3.8) is 0 Å². The minimum Gasteiger partial charge on any atom is -0.391 e. The molecule has 1 saturated carbocycles. The Kier molecular flexibility index (Phi) is 7.00. The van der Waals surface area contributed by atoms with Crippen molar-refractivity contribution in [3.8, 4) is 0 Å². The summed E-state index contributed by atoms with van der Waals surface area (Å²) in [5, 5.41) is 22.7. The number of nitrogens with zero attached hydrogens (tertiary/aromatic N) is 5. The third kappa shape index (κ3) is 5.23. The van der Waals surface area contributed by atoms with E-state index in [-0.39, 0.29) is 36.9 Å². The molecule has 3 heterocycles. The van der Waals surface area contributed by atoms with Crippen LogP contribution in [-0.2, 0) is 16.0 Å². The summed E-state index contributed by atoms with van der Waals surface area (Å²) in [6.45, 7) is 8.28. The first kappa shape index (κ1) is 26.4. The molecule has 2 amide bonds. The second-order valence-electron chi connectivity index (χ2n) is 13.1. The Morgan fingerprint density at radius 2 is 1.85 bits per heavy atom. The summed E-state index contributed by atoms with van der Waals surface area (Å²) in [6, 6.07) is 7.15. The Morgan fingerprint density at radius 3 is 2.56 bits per heavy atom. The zero-order valence-electron chi connectivity index (χ0n) is 23.4. The monoisotopic (exact) mass is 534 g/mol. The minimum absolute atomic E-state index is 0.134.